The maximum atomic E-state index is 13.0. The molecule has 0 aromatic carbocycles. The molecule has 3 rings (SSSR count). The van der Waals surface area contributed by atoms with Gasteiger partial charge in [-0.3, -0.25) is 9.89 Å². The van der Waals surface area contributed by atoms with Crippen LogP contribution in [0.2, 0.25) is 0 Å². The van der Waals surface area contributed by atoms with Gasteiger partial charge in [0.15, 0.2) is 5.96 Å². The number of alkyl halides is 3. The number of likely N-dealkylation sites (tertiary alicyclic amines) is 1. The van der Waals surface area contributed by atoms with E-state index in [1.165, 1.54) is 25.1 Å². The fourth-order valence-electron chi connectivity index (χ4n) is 3.49. The quantitative estimate of drug-likeness (QED) is 0.343. The van der Waals surface area contributed by atoms with E-state index in [1.807, 2.05) is 12.1 Å². The van der Waals surface area contributed by atoms with Gasteiger partial charge < -0.3 is 20.4 Å². The van der Waals surface area contributed by atoms with Crippen LogP contribution < -0.4 is 16.0 Å². The number of rotatable bonds is 8. The number of furan rings is 1. The minimum atomic E-state index is -4.45. The van der Waals surface area contributed by atoms with E-state index in [0.29, 0.717) is 19.0 Å². The standard InChI is InChI=1S/C20H27F3N6O/c1-24-19(27-10-9-26-18-15(20(21,22)23)6-4-8-25-18)28-14-16(17-7-5-13-30-17)29-11-2-3-12-29/h4-8,13,16H,2-3,9-12,14H2,1H3,(H,25,26)(H2,24,27,28). The zero-order chi connectivity index (χ0) is 21.4. The van der Waals surface area contributed by atoms with Crippen LogP contribution in [0, 0.1) is 0 Å². The summed E-state index contributed by atoms with van der Waals surface area (Å²) in [5.74, 6) is 1.29. The SMILES string of the molecule is CN=C(NCCNc1ncccc1C(F)(F)F)NCC(c1ccco1)N1CCCC1. The minimum absolute atomic E-state index is 0.0991. The summed E-state index contributed by atoms with van der Waals surface area (Å²) < 4.78 is 44.7. The Bertz CT molecular complexity index is 803. The average Bonchev–Trinajstić information content (AvgIpc) is 3.44. The molecule has 1 atom stereocenters. The molecule has 7 nitrogen and oxygen atoms in total. The molecule has 3 N–H and O–H groups in total. The van der Waals surface area contributed by atoms with Crippen molar-refractivity contribution >= 4 is 11.8 Å². The fourth-order valence-corrected chi connectivity index (χ4v) is 3.49. The van der Waals surface area contributed by atoms with Crippen LogP contribution in [0.1, 0.15) is 30.2 Å². The van der Waals surface area contributed by atoms with Gasteiger partial charge in [0.05, 0.1) is 17.9 Å². The Hall–Kier alpha value is -2.75. The molecule has 1 aliphatic rings. The van der Waals surface area contributed by atoms with Gasteiger partial charge in [-0.25, -0.2) is 4.98 Å². The van der Waals surface area contributed by atoms with E-state index in [4.69, 9.17) is 4.42 Å². The van der Waals surface area contributed by atoms with Crippen molar-refractivity contribution in [1.29, 1.82) is 0 Å². The van der Waals surface area contributed by atoms with Crippen LogP contribution >= 0.6 is 0 Å². The van der Waals surface area contributed by atoms with Crippen LogP contribution in [-0.2, 0) is 6.18 Å². The number of anilines is 1. The van der Waals surface area contributed by atoms with E-state index >= 15 is 0 Å². The highest BCUT2D eigenvalue weighted by atomic mass is 19.4. The van der Waals surface area contributed by atoms with E-state index in [9.17, 15) is 13.2 Å². The number of aromatic nitrogens is 1. The van der Waals surface area contributed by atoms with Crippen LogP contribution in [-0.4, -0.2) is 55.6 Å². The highest BCUT2D eigenvalue weighted by Gasteiger charge is 2.34. The summed E-state index contributed by atoms with van der Waals surface area (Å²) in [5, 5.41) is 9.12. The van der Waals surface area contributed by atoms with Crippen molar-refractivity contribution in [3.63, 3.8) is 0 Å². The number of hydrogen-bond donors (Lipinski definition) is 3. The van der Waals surface area contributed by atoms with Crippen LogP contribution in [0.25, 0.3) is 0 Å². The summed E-state index contributed by atoms with van der Waals surface area (Å²) in [7, 11) is 1.65. The average molecular weight is 424 g/mol. The number of nitrogens with one attached hydrogen (secondary N) is 3. The van der Waals surface area contributed by atoms with E-state index < -0.39 is 11.7 Å². The Labute approximate surface area is 173 Å². The van der Waals surface area contributed by atoms with Crippen LogP contribution in [0.15, 0.2) is 46.1 Å². The van der Waals surface area contributed by atoms with Gasteiger partial charge in [-0.2, -0.15) is 13.2 Å². The lowest BCUT2D eigenvalue weighted by atomic mass is 10.2. The third-order valence-electron chi connectivity index (χ3n) is 4.96. The van der Waals surface area contributed by atoms with Crippen LogP contribution in [0.3, 0.4) is 0 Å². The molecule has 164 valence electrons. The molecule has 30 heavy (non-hydrogen) atoms. The number of aliphatic imine (C=N–C) groups is 1. The minimum Gasteiger partial charge on any atom is -0.468 e. The lowest BCUT2D eigenvalue weighted by molar-refractivity contribution is -0.137. The molecule has 0 amide bonds. The molecule has 3 heterocycles. The van der Waals surface area contributed by atoms with Crippen LogP contribution in [0.4, 0.5) is 19.0 Å². The molecule has 1 aliphatic heterocycles. The van der Waals surface area contributed by atoms with Crippen molar-refractivity contribution in [2.45, 2.75) is 25.1 Å². The van der Waals surface area contributed by atoms with Crippen molar-refractivity contribution in [1.82, 2.24) is 20.5 Å². The summed E-state index contributed by atoms with van der Waals surface area (Å²) in [6.45, 7) is 3.29. The van der Waals surface area contributed by atoms with Crippen LogP contribution in [0.5, 0.6) is 0 Å². The number of hydrogen-bond acceptors (Lipinski definition) is 5. The van der Waals surface area contributed by atoms with Gasteiger partial charge in [-0.15, -0.1) is 0 Å². The third kappa shape index (κ3) is 5.88. The van der Waals surface area contributed by atoms with E-state index in [0.717, 1.165) is 24.9 Å². The summed E-state index contributed by atoms with van der Waals surface area (Å²) in [6.07, 6.45) is 0.896. The molecule has 0 aliphatic carbocycles. The third-order valence-corrected chi connectivity index (χ3v) is 4.96. The van der Waals surface area contributed by atoms with Crippen molar-refractivity contribution in [3.8, 4) is 0 Å². The first kappa shape index (κ1) is 21.9. The molecule has 1 fully saturated rings. The van der Waals surface area contributed by atoms with E-state index in [2.05, 4.69) is 30.8 Å². The summed E-state index contributed by atoms with van der Waals surface area (Å²) in [4.78, 5) is 10.4. The number of halogens is 3. The fraction of sp³-hybridized carbons (Fsp3) is 0.500. The highest BCUT2D eigenvalue weighted by molar-refractivity contribution is 5.79. The molecule has 10 heteroatoms. The largest absolute Gasteiger partial charge is 0.468 e. The lowest BCUT2D eigenvalue weighted by Gasteiger charge is -2.26. The molecule has 0 bridgehead atoms. The van der Waals surface area contributed by atoms with E-state index in [-0.39, 0.29) is 18.4 Å². The highest BCUT2D eigenvalue weighted by Crippen LogP contribution is 2.33. The van der Waals surface area contributed by atoms with Gasteiger partial charge in [-0.1, -0.05) is 0 Å². The molecule has 0 saturated carbocycles. The molecule has 1 unspecified atom stereocenters. The number of pyridine rings is 1. The molecule has 0 radical (unpaired) electrons. The maximum absolute atomic E-state index is 13.0. The van der Waals surface area contributed by atoms with Gasteiger partial charge >= 0.3 is 6.18 Å². The molecule has 2 aromatic rings. The van der Waals surface area contributed by atoms with Gasteiger partial charge in [0, 0.05) is 32.9 Å². The Balaban J connectivity index is 1.48. The Morgan fingerprint density at radius 2 is 2.00 bits per heavy atom. The summed E-state index contributed by atoms with van der Waals surface area (Å²) in [6, 6.07) is 6.23. The smallest absolute Gasteiger partial charge is 0.419 e. The zero-order valence-corrected chi connectivity index (χ0v) is 16.9. The van der Waals surface area contributed by atoms with Gasteiger partial charge in [0.1, 0.15) is 11.6 Å². The Morgan fingerprint density at radius 3 is 2.67 bits per heavy atom. The monoisotopic (exact) mass is 424 g/mol. The molecule has 0 spiro atoms. The molecular formula is C20H27F3N6O. The summed E-state index contributed by atoms with van der Waals surface area (Å²) in [5.41, 5.74) is -0.778. The predicted molar refractivity (Wildman–Crippen MR) is 109 cm³/mol. The van der Waals surface area contributed by atoms with Gasteiger partial charge in [0.25, 0.3) is 0 Å². The second-order valence-electron chi connectivity index (χ2n) is 6.98. The first-order valence-corrected chi connectivity index (χ1v) is 9.97. The molecular weight excluding hydrogens is 397 g/mol. The van der Waals surface area contributed by atoms with Gasteiger partial charge in [-0.05, 0) is 50.2 Å². The zero-order valence-electron chi connectivity index (χ0n) is 16.9. The predicted octanol–water partition coefficient (Wildman–Crippen LogP) is 3.11. The number of guanidine groups is 1. The van der Waals surface area contributed by atoms with Crippen molar-refractivity contribution < 1.29 is 17.6 Å². The second kappa shape index (κ2) is 10.3. The Morgan fingerprint density at radius 1 is 1.20 bits per heavy atom. The van der Waals surface area contributed by atoms with Crippen molar-refractivity contribution in [2.75, 3.05) is 45.1 Å². The lowest BCUT2D eigenvalue weighted by Crippen LogP contribution is -2.43. The molecule has 1 saturated heterocycles. The van der Waals surface area contributed by atoms with Crippen molar-refractivity contribution in [3.05, 3.63) is 48.0 Å². The summed E-state index contributed by atoms with van der Waals surface area (Å²) >= 11 is 0. The number of nitrogens with zero attached hydrogens (tertiary/aromatic N) is 3. The van der Waals surface area contributed by atoms with E-state index in [1.54, 1.807) is 13.3 Å². The maximum Gasteiger partial charge on any atom is 0.419 e. The first-order valence-electron chi connectivity index (χ1n) is 9.97. The van der Waals surface area contributed by atoms with Crippen molar-refractivity contribution in [2.24, 2.45) is 4.99 Å². The first-order chi connectivity index (χ1) is 14.5. The topological polar surface area (TPSA) is 77.7 Å². The van der Waals surface area contributed by atoms with Gasteiger partial charge in [0.2, 0.25) is 0 Å². The molecule has 2 aromatic heterocycles. The second-order valence-corrected chi connectivity index (χ2v) is 6.98. The Kier molecular flexibility index (Phi) is 7.56. The normalized spacial score (nSPS) is 16.5.